The molecule has 0 radical (unpaired) electrons. The zero-order valence-corrected chi connectivity index (χ0v) is 18.8. The number of nitrogens with one attached hydrogen (secondary N) is 1. The number of benzene rings is 2. The molecule has 1 N–H and O–H groups in total. The Morgan fingerprint density at radius 1 is 1.27 bits per heavy atom. The molecule has 2 aromatic carbocycles. The van der Waals surface area contributed by atoms with E-state index >= 15 is 0 Å². The first-order valence-electron chi connectivity index (χ1n) is 9.95. The quantitative estimate of drug-likeness (QED) is 0.482. The summed E-state index contributed by atoms with van der Waals surface area (Å²) in [4.78, 5) is 14.8. The van der Waals surface area contributed by atoms with Crippen molar-refractivity contribution in [3.05, 3.63) is 69.8 Å². The molecule has 0 unspecified atom stereocenters. The number of anilines is 2. The summed E-state index contributed by atoms with van der Waals surface area (Å²) in [6.07, 6.45) is 4.68. The van der Waals surface area contributed by atoms with Crippen molar-refractivity contribution in [2.75, 3.05) is 17.3 Å². The fourth-order valence-electron chi connectivity index (χ4n) is 3.62. The van der Waals surface area contributed by atoms with E-state index in [1.165, 1.54) is 5.56 Å². The van der Waals surface area contributed by atoms with Crippen LogP contribution in [0.3, 0.4) is 0 Å². The molecule has 4 nitrogen and oxygen atoms in total. The standard InChI is InChI=1S/C25H26ClN3O/c1-6-17-7-9-20(10-8-17)28-24(30)19(15-27)11-18-12-21-16(2)14-25(3,4)29(5)23(21)13-22(18)26/h7-14H,6H2,1-5H3,(H,28,30)/b19-11+. The van der Waals surface area contributed by atoms with E-state index in [0.717, 1.165) is 23.2 Å². The van der Waals surface area contributed by atoms with Crippen LogP contribution in [-0.4, -0.2) is 18.5 Å². The fourth-order valence-corrected chi connectivity index (χ4v) is 3.84. The van der Waals surface area contributed by atoms with Gasteiger partial charge in [0.1, 0.15) is 11.6 Å². The molecule has 2 aromatic rings. The van der Waals surface area contributed by atoms with Gasteiger partial charge in [0.05, 0.1) is 5.54 Å². The van der Waals surface area contributed by atoms with E-state index in [0.29, 0.717) is 16.3 Å². The summed E-state index contributed by atoms with van der Waals surface area (Å²) in [5, 5.41) is 12.8. The second-order valence-corrected chi connectivity index (χ2v) is 8.51. The topological polar surface area (TPSA) is 56.1 Å². The van der Waals surface area contributed by atoms with Crippen LogP contribution < -0.4 is 10.2 Å². The van der Waals surface area contributed by atoms with Crippen molar-refractivity contribution in [3.8, 4) is 6.07 Å². The molecule has 0 aliphatic carbocycles. The Bertz CT molecular complexity index is 1090. The number of allylic oxidation sites excluding steroid dienone is 1. The number of aryl methyl sites for hydroxylation is 1. The van der Waals surface area contributed by atoms with Crippen molar-refractivity contribution >= 4 is 40.5 Å². The van der Waals surface area contributed by atoms with E-state index in [4.69, 9.17) is 11.6 Å². The highest BCUT2D eigenvalue weighted by molar-refractivity contribution is 6.32. The number of fused-ring (bicyclic) bond motifs is 1. The van der Waals surface area contributed by atoms with Crippen LogP contribution >= 0.6 is 11.6 Å². The summed E-state index contributed by atoms with van der Waals surface area (Å²) in [6, 6.07) is 13.4. The van der Waals surface area contributed by atoms with Crippen molar-refractivity contribution in [2.24, 2.45) is 0 Å². The van der Waals surface area contributed by atoms with E-state index in [2.05, 4.69) is 44.0 Å². The van der Waals surface area contributed by atoms with Gasteiger partial charge in [0, 0.05) is 29.0 Å². The molecule has 1 aliphatic heterocycles. The number of hydrogen-bond acceptors (Lipinski definition) is 3. The molecule has 0 saturated carbocycles. The van der Waals surface area contributed by atoms with Crippen molar-refractivity contribution in [2.45, 2.75) is 39.7 Å². The molecule has 0 bridgehead atoms. The fraction of sp³-hybridized carbons (Fsp3) is 0.280. The van der Waals surface area contributed by atoms with Gasteiger partial charge < -0.3 is 10.2 Å². The number of likely N-dealkylation sites (N-methyl/N-ethyl adjacent to an activating group) is 1. The molecule has 0 spiro atoms. The van der Waals surface area contributed by atoms with Gasteiger partial charge in [-0.3, -0.25) is 4.79 Å². The maximum absolute atomic E-state index is 12.6. The Kier molecular flexibility index (Phi) is 6.05. The van der Waals surface area contributed by atoms with Gasteiger partial charge in [-0.05, 0) is 74.2 Å². The number of nitriles is 1. The van der Waals surface area contributed by atoms with Gasteiger partial charge in [-0.1, -0.05) is 36.7 Å². The average Bonchev–Trinajstić information content (AvgIpc) is 2.71. The van der Waals surface area contributed by atoms with Gasteiger partial charge in [0.2, 0.25) is 0 Å². The van der Waals surface area contributed by atoms with Gasteiger partial charge in [0.15, 0.2) is 0 Å². The van der Waals surface area contributed by atoms with Gasteiger partial charge in [-0.25, -0.2) is 0 Å². The number of rotatable bonds is 4. The van der Waals surface area contributed by atoms with Crippen LogP contribution in [0.25, 0.3) is 11.6 Å². The molecule has 154 valence electrons. The molecule has 0 fully saturated rings. The molecular weight excluding hydrogens is 394 g/mol. The Morgan fingerprint density at radius 3 is 2.53 bits per heavy atom. The molecule has 3 rings (SSSR count). The second kappa shape index (κ2) is 8.38. The summed E-state index contributed by atoms with van der Waals surface area (Å²) < 4.78 is 0. The average molecular weight is 420 g/mol. The van der Waals surface area contributed by atoms with E-state index < -0.39 is 5.91 Å². The predicted molar refractivity (Wildman–Crippen MR) is 126 cm³/mol. The lowest BCUT2D eigenvalue weighted by atomic mass is 9.88. The lowest BCUT2D eigenvalue weighted by Crippen LogP contribution is -2.42. The lowest BCUT2D eigenvalue weighted by Gasteiger charge is -2.40. The van der Waals surface area contributed by atoms with Crippen LogP contribution in [0.4, 0.5) is 11.4 Å². The van der Waals surface area contributed by atoms with Gasteiger partial charge in [-0.2, -0.15) is 5.26 Å². The third-order valence-corrected chi connectivity index (χ3v) is 5.95. The molecular formula is C25H26ClN3O. The minimum Gasteiger partial charge on any atom is -0.365 e. The molecule has 0 atom stereocenters. The number of carbonyl (C=O) groups excluding carboxylic acids is 1. The monoisotopic (exact) mass is 419 g/mol. The summed E-state index contributed by atoms with van der Waals surface area (Å²) in [5.74, 6) is -0.457. The van der Waals surface area contributed by atoms with Crippen LogP contribution in [0.1, 0.15) is 44.4 Å². The minimum absolute atomic E-state index is 0.00236. The normalized spacial score (nSPS) is 15.2. The molecule has 0 saturated heterocycles. The zero-order valence-electron chi connectivity index (χ0n) is 18.0. The smallest absolute Gasteiger partial charge is 0.266 e. The third-order valence-electron chi connectivity index (χ3n) is 5.62. The number of halogens is 1. The van der Waals surface area contributed by atoms with Crippen LogP contribution in [0.2, 0.25) is 5.02 Å². The van der Waals surface area contributed by atoms with E-state index in [1.807, 2.05) is 49.5 Å². The first-order valence-corrected chi connectivity index (χ1v) is 10.3. The van der Waals surface area contributed by atoms with E-state index in [1.54, 1.807) is 6.08 Å². The summed E-state index contributed by atoms with van der Waals surface area (Å²) >= 11 is 6.53. The van der Waals surface area contributed by atoms with E-state index in [9.17, 15) is 10.1 Å². The Morgan fingerprint density at radius 2 is 1.93 bits per heavy atom. The highest BCUT2D eigenvalue weighted by Crippen LogP contribution is 2.40. The second-order valence-electron chi connectivity index (χ2n) is 8.11. The number of amides is 1. The molecule has 1 aliphatic rings. The highest BCUT2D eigenvalue weighted by atomic mass is 35.5. The first kappa shape index (κ1) is 21.7. The van der Waals surface area contributed by atoms with Crippen LogP contribution in [0.15, 0.2) is 48.0 Å². The predicted octanol–water partition coefficient (Wildman–Crippen LogP) is 6.08. The molecule has 0 aromatic heterocycles. The number of carbonyl (C=O) groups is 1. The molecule has 5 heteroatoms. The van der Waals surface area contributed by atoms with Gasteiger partial charge >= 0.3 is 0 Å². The summed E-state index contributed by atoms with van der Waals surface area (Å²) in [6.45, 7) is 8.42. The first-order chi connectivity index (χ1) is 14.2. The van der Waals surface area contributed by atoms with E-state index in [-0.39, 0.29) is 11.1 Å². The Balaban J connectivity index is 1.93. The number of nitrogens with zero attached hydrogens (tertiary/aromatic N) is 2. The number of hydrogen-bond donors (Lipinski definition) is 1. The van der Waals surface area contributed by atoms with Crippen molar-refractivity contribution in [1.29, 1.82) is 5.26 Å². The summed E-state index contributed by atoms with van der Waals surface area (Å²) in [5.41, 5.74) is 5.56. The van der Waals surface area contributed by atoms with Crippen LogP contribution in [-0.2, 0) is 11.2 Å². The molecule has 1 amide bonds. The molecule has 30 heavy (non-hydrogen) atoms. The highest BCUT2D eigenvalue weighted by Gasteiger charge is 2.29. The zero-order chi connectivity index (χ0) is 22.1. The lowest BCUT2D eigenvalue weighted by molar-refractivity contribution is -0.112. The Hall–Kier alpha value is -3.03. The SMILES string of the molecule is CCc1ccc(NC(=O)/C(C#N)=C/c2cc3c(cc2Cl)N(C)C(C)(C)C=C3C)cc1. The maximum atomic E-state index is 12.6. The largest absolute Gasteiger partial charge is 0.365 e. The molecule has 1 heterocycles. The van der Waals surface area contributed by atoms with Crippen molar-refractivity contribution in [1.82, 2.24) is 0 Å². The van der Waals surface area contributed by atoms with Gasteiger partial charge in [-0.15, -0.1) is 0 Å². The van der Waals surface area contributed by atoms with Crippen molar-refractivity contribution in [3.63, 3.8) is 0 Å². The third kappa shape index (κ3) is 4.27. The van der Waals surface area contributed by atoms with Crippen LogP contribution in [0.5, 0.6) is 0 Å². The van der Waals surface area contributed by atoms with Crippen LogP contribution in [0, 0.1) is 11.3 Å². The minimum atomic E-state index is -0.457. The summed E-state index contributed by atoms with van der Waals surface area (Å²) in [7, 11) is 2.03. The van der Waals surface area contributed by atoms with Crippen molar-refractivity contribution < 1.29 is 4.79 Å². The van der Waals surface area contributed by atoms with Gasteiger partial charge in [0.25, 0.3) is 5.91 Å². The Labute approximate surface area is 183 Å². The maximum Gasteiger partial charge on any atom is 0.266 e.